The van der Waals surface area contributed by atoms with Crippen LogP contribution in [0.1, 0.15) is 22.7 Å². The summed E-state index contributed by atoms with van der Waals surface area (Å²) < 4.78 is 5.32. The summed E-state index contributed by atoms with van der Waals surface area (Å²) in [6.07, 6.45) is 3.56. The molecule has 0 radical (unpaired) electrons. The van der Waals surface area contributed by atoms with Crippen LogP contribution in [0.2, 0.25) is 0 Å². The lowest BCUT2D eigenvalue weighted by molar-refractivity contribution is -0.138. The van der Waals surface area contributed by atoms with E-state index in [0.29, 0.717) is 17.7 Å². The number of pyridine rings is 1. The van der Waals surface area contributed by atoms with Crippen molar-refractivity contribution < 1.29 is 14.3 Å². The Morgan fingerprint density at radius 1 is 1.33 bits per heavy atom. The molecule has 3 aromatic rings. The van der Waals surface area contributed by atoms with Gasteiger partial charge < -0.3 is 9.52 Å². The van der Waals surface area contributed by atoms with E-state index in [1.165, 1.54) is 0 Å². The number of carbonyl (C=O) groups is 1. The van der Waals surface area contributed by atoms with Crippen LogP contribution in [-0.2, 0) is 11.2 Å². The number of hydrogen-bond acceptors (Lipinski definition) is 3. The van der Waals surface area contributed by atoms with Crippen molar-refractivity contribution in [2.24, 2.45) is 0 Å². The van der Waals surface area contributed by atoms with E-state index in [4.69, 9.17) is 4.42 Å². The fourth-order valence-corrected chi connectivity index (χ4v) is 2.57. The number of carboxylic acids is 1. The number of carboxylic acid groups (broad SMARTS) is 1. The Balaban J connectivity index is 2.02. The predicted octanol–water partition coefficient (Wildman–Crippen LogP) is 3.55. The van der Waals surface area contributed by atoms with E-state index in [0.717, 1.165) is 16.5 Å². The van der Waals surface area contributed by atoms with Crippen molar-refractivity contribution in [2.75, 3.05) is 0 Å². The van der Waals surface area contributed by atoms with Crippen LogP contribution < -0.4 is 0 Å². The molecule has 3 rings (SSSR count). The predicted molar refractivity (Wildman–Crippen MR) is 79.3 cm³/mol. The number of hydrogen-bond donors (Lipinski definition) is 1. The molecule has 0 aliphatic carbocycles. The number of nitrogens with zero attached hydrogens (tertiary/aromatic N) is 1. The number of furan rings is 1. The highest BCUT2D eigenvalue weighted by Crippen LogP contribution is 2.27. The lowest BCUT2D eigenvalue weighted by atomic mass is 9.93. The van der Waals surface area contributed by atoms with Crippen molar-refractivity contribution in [3.05, 3.63) is 65.7 Å². The van der Waals surface area contributed by atoms with E-state index < -0.39 is 11.9 Å². The van der Waals surface area contributed by atoms with Gasteiger partial charge >= 0.3 is 5.97 Å². The lowest BCUT2D eigenvalue weighted by Crippen LogP contribution is -2.16. The highest BCUT2D eigenvalue weighted by atomic mass is 16.4. The van der Waals surface area contributed by atoms with Gasteiger partial charge in [0.15, 0.2) is 0 Å². The van der Waals surface area contributed by atoms with Gasteiger partial charge in [-0.25, -0.2) is 0 Å². The van der Waals surface area contributed by atoms with Crippen LogP contribution in [0.15, 0.2) is 53.3 Å². The first-order valence-corrected chi connectivity index (χ1v) is 6.75. The molecule has 1 atom stereocenters. The van der Waals surface area contributed by atoms with Gasteiger partial charge in [0.1, 0.15) is 11.5 Å². The molecule has 0 aliphatic rings. The van der Waals surface area contributed by atoms with E-state index in [1.54, 1.807) is 24.6 Å². The summed E-state index contributed by atoms with van der Waals surface area (Å²) >= 11 is 0. The minimum absolute atomic E-state index is 0.411. The van der Waals surface area contributed by atoms with Crippen LogP contribution in [0.3, 0.4) is 0 Å². The molecule has 0 amide bonds. The third-order valence-corrected chi connectivity index (χ3v) is 3.56. The van der Waals surface area contributed by atoms with Gasteiger partial charge in [0, 0.05) is 11.6 Å². The van der Waals surface area contributed by atoms with Crippen LogP contribution in [0.25, 0.3) is 11.0 Å². The molecule has 2 heterocycles. The van der Waals surface area contributed by atoms with Crippen LogP contribution in [0.5, 0.6) is 0 Å². The molecule has 0 bridgehead atoms. The maximum absolute atomic E-state index is 11.7. The smallest absolute Gasteiger partial charge is 0.312 e. The highest BCUT2D eigenvalue weighted by Gasteiger charge is 2.24. The summed E-state index contributed by atoms with van der Waals surface area (Å²) in [5.74, 6) is -1.56. The number of aryl methyl sites for hydroxylation is 1. The molecule has 4 nitrogen and oxygen atoms in total. The zero-order valence-corrected chi connectivity index (χ0v) is 11.6. The lowest BCUT2D eigenvalue weighted by Gasteiger charge is -2.13. The average molecular weight is 281 g/mol. The van der Waals surface area contributed by atoms with E-state index in [-0.39, 0.29) is 0 Å². The minimum atomic E-state index is -0.877. The first-order valence-electron chi connectivity index (χ1n) is 6.75. The Labute approximate surface area is 122 Å². The molecule has 21 heavy (non-hydrogen) atoms. The van der Waals surface area contributed by atoms with Crippen molar-refractivity contribution >= 4 is 16.9 Å². The van der Waals surface area contributed by atoms with Crippen LogP contribution >= 0.6 is 0 Å². The van der Waals surface area contributed by atoms with Gasteiger partial charge in [0.25, 0.3) is 0 Å². The first-order chi connectivity index (χ1) is 10.1. The van der Waals surface area contributed by atoms with Gasteiger partial charge in [-0.3, -0.25) is 9.78 Å². The average Bonchev–Trinajstić information content (AvgIpc) is 2.93. The molecule has 1 aromatic carbocycles. The summed E-state index contributed by atoms with van der Waals surface area (Å²) in [6, 6.07) is 11.4. The van der Waals surface area contributed by atoms with Crippen molar-refractivity contribution in [3.8, 4) is 0 Å². The summed E-state index contributed by atoms with van der Waals surface area (Å²) in [5, 5.41) is 10.3. The van der Waals surface area contributed by atoms with E-state index >= 15 is 0 Å². The van der Waals surface area contributed by atoms with Crippen molar-refractivity contribution in [2.45, 2.75) is 19.3 Å². The van der Waals surface area contributed by atoms with Gasteiger partial charge in [0.05, 0.1) is 12.0 Å². The molecule has 0 spiro atoms. The highest BCUT2D eigenvalue weighted by molar-refractivity contribution is 5.86. The molecule has 2 aromatic heterocycles. The Morgan fingerprint density at radius 2 is 2.19 bits per heavy atom. The van der Waals surface area contributed by atoms with E-state index in [2.05, 4.69) is 4.98 Å². The monoisotopic (exact) mass is 281 g/mol. The largest absolute Gasteiger partial charge is 0.481 e. The topological polar surface area (TPSA) is 63.3 Å². The Kier molecular flexibility index (Phi) is 3.44. The molecule has 1 N–H and O–H groups in total. The standard InChI is InChI=1S/C17H15NO3/c1-11-3-2-4-12(9-11)10-14(17(19)20)16-13-6-8-21-15(13)5-7-18-16/h2-9,14H,10H2,1H3,(H,19,20). The Bertz CT molecular complexity index is 791. The zero-order chi connectivity index (χ0) is 14.8. The normalized spacial score (nSPS) is 12.4. The third-order valence-electron chi connectivity index (χ3n) is 3.56. The molecule has 1 unspecified atom stereocenters. The number of benzene rings is 1. The molecule has 106 valence electrons. The van der Waals surface area contributed by atoms with Crippen LogP contribution in [-0.4, -0.2) is 16.1 Å². The molecule has 0 saturated heterocycles. The Morgan fingerprint density at radius 3 is 2.95 bits per heavy atom. The quantitative estimate of drug-likeness (QED) is 0.794. The fraction of sp³-hybridized carbons (Fsp3) is 0.176. The zero-order valence-electron chi connectivity index (χ0n) is 11.6. The van der Waals surface area contributed by atoms with Gasteiger partial charge in [-0.2, -0.15) is 0 Å². The maximum Gasteiger partial charge on any atom is 0.312 e. The molecular formula is C17H15NO3. The fourth-order valence-electron chi connectivity index (χ4n) is 2.57. The Hall–Kier alpha value is -2.62. The molecule has 0 saturated carbocycles. The van der Waals surface area contributed by atoms with Crippen molar-refractivity contribution in [1.82, 2.24) is 4.98 Å². The number of rotatable bonds is 4. The third kappa shape index (κ3) is 2.65. The second-order valence-electron chi connectivity index (χ2n) is 5.11. The van der Waals surface area contributed by atoms with Gasteiger partial charge in [0.2, 0.25) is 0 Å². The van der Waals surface area contributed by atoms with E-state index in [1.807, 2.05) is 31.2 Å². The summed E-state index contributed by atoms with van der Waals surface area (Å²) in [7, 11) is 0. The van der Waals surface area contributed by atoms with Gasteiger partial charge in [-0.05, 0) is 31.0 Å². The SMILES string of the molecule is Cc1cccc(CC(C(=O)O)c2nccc3occc23)c1. The molecular weight excluding hydrogens is 266 g/mol. The molecule has 0 aliphatic heterocycles. The van der Waals surface area contributed by atoms with Crippen molar-refractivity contribution in [1.29, 1.82) is 0 Å². The summed E-state index contributed by atoms with van der Waals surface area (Å²) in [4.78, 5) is 16.0. The molecule has 4 heteroatoms. The van der Waals surface area contributed by atoms with Crippen molar-refractivity contribution in [3.63, 3.8) is 0 Å². The van der Waals surface area contributed by atoms with E-state index in [9.17, 15) is 9.90 Å². The van der Waals surface area contributed by atoms with Crippen LogP contribution in [0.4, 0.5) is 0 Å². The summed E-state index contributed by atoms with van der Waals surface area (Å²) in [5.41, 5.74) is 3.32. The second kappa shape index (κ2) is 5.40. The number of aromatic nitrogens is 1. The van der Waals surface area contributed by atoms with Gasteiger partial charge in [-0.15, -0.1) is 0 Å². The number of aliphatic carboxylic acids is 1. The van der Waals surface area contributed by atoms with Gasteiger partial charge in [-0.1, -0.05) is 29.8 Å². The summed E-state index contributed by atoms with van der Waals surface area (Å²) in [6.45, 7) is 1.99. The van der Waals surface area contributed by atoms with Crippen LogP contribution in [0, 0.1) is 6.92 Å². The molecule has 0 fully saturated rings. The second-order valence-corrected chi connectivity index (χ2v) is 5.11. The number of fused-ring (bicyclic) bond motifs is 1. The minimum Gasteiger partial charge on any atom is -0.481 e. The maximum atomic E-state index is 11.7. The first kappa shape index (κ1) is 13.4.